The lowest BCUT2D eigenvalue weighted by Crippen LogP contribution is -2.35. The van der Waals surface area contributed by atoms with E-state index in [1.165, 1.54) is 12.1 Å². The Morgan fingerprint density at radius 3 is 2.79 bits per heavy atom. The van der Waals surface area contributed by atoms with Crippen molar-refractivity contribution in [2.75, 3.05) is 13.2 Å². The third-order valence-electron chi connectivity index (χ3n) is 4.88. The SMILES string of the molecule is O=C(C1CCOC1)N(Cc1cn(-c2ccccc2)nn1)Cc1ccc(F)cc1Cl. The molecule has 2 heterocycles. The molecule has 0 aliphatic carbocycles. The van der Waals surface area contributed by atoms with Crippen molar-refractivity contribution in [1.29, 1.82) is 0 Å². The number of rotatable bonds is 6. The van der Waals surface area contributed by atoms with Crippen LogP contribution in [-0.4, -0.2) is 39.0 Å². The molecule has 4 rings (SSSR count). The molecule has 0 saturated carbocycles. The highest BCUT2D eigenvalue weighted by Crippen LogP contribution is 2.23. The number of hydrogen-bond donors (Lipinski definition) is 0. The summed E-state index contributed by atoms with van der Waals surface area (Å²) in [4.78, 5) is 14.8. The fraction of sp³-hybridized carbons (Fsp3) is 0.286. The minimum absolute atomic E-state index is 0.0304. The number of amides is 1. The monoisotopic (exact) mass is 414 g/mol. The number of halogens is 2. The lowest BCUT2D eigenvalue weighted by atomic mass is 10.1. The number of ether oxygens (including phenoxy) is 1. The van der Waals surface area contributed by atoms with Crippen molar-refractivity contribution in [3.8, 4) is 5.69 Å². The second kappa shape index (κ2) is 8.71. The summed E-state index contributed by atoms with van der Waals surface area (Å²) >= 11 is 6.19. The van der Waals surface area contributed by atoms with E-state index in [9.17, 15) is 9.18 Å². The summed E-state index contributed by atoms with van der Waals surface area (Å²) in [5.74, 6) is -0.637. The number of carbonyl (C=O) groups excluding carboxylic acids is 1. The van der Waals surface area contributed by atoms with Gasteiger partial charge in [-0.25, -0.2) is 9.07 Å². The van der Waals surface area contributed by atoms with Crippen molar-refractivity contribution in [2.45, 2.75) is 19.5 Å². The zero-order valence-corrected chi connectivity index (χ0v) is 16.4. The Morgan fingerprint density at radius 1 is 1.24 bits per heavy atom. The van der Waals surface area contributed by atoms with E-state index < -0.39 is 5.82 Å². The van der Waals surface area contributed by atoms with E-state index in [4.69, 9.17) is 16.3 Å². The highest BCUT2D eigenvalue weighted by Gasteiger charge is 2.29. The number of para-hydroxylation sites is 1. The van der Waals surface area contributed by atoms with Gasteiger partial charge in [-0.3, -0.25) is 4.79 Å². The molecule has 1 saturated heterocycles. The Bertz CT molecular complexity index is 989. The summed E-state index contributed by atoms with van der Waals surface area (Å²) < 4.78 is 20.4. The number of carbonyl (C=O) groups is 1. The standard InChI is InChI=1S/C21H20ClFN4O2/c22-20-10-17(23)7-6-15(20)11-26(21(28)16-8-9-29-14-16)12-18-13-27(25-24-18)19-4-2-1-3-5-19/h1-7,10,13,16H,8-9,11-12,14H2. The van der Waals surface area contributed by atoms with Gasteiger partial charge in [0.25, 0.3) is 0 Å². The summed E-state index contributed by atoms with van der Waals surface area (Å²) in [5.41, 5.74) is 2.21. The number of benzene rings is 2. The first-order chi connectivity index (χ1) is 14.1. The van der Waals surface area contributed by atoms with Crippen molar-refractivity contribution in [3.05, 3.63) is 76.8 Å². The molecule has 1 aliphatic rings. The maximum atomic E-state index is 13.4. The van der Waals surface area contributed by atoms with Gasteiger partial charge in [0, 0.05) is 18.2 Å². The molecule has 3 aromatic rings. The average Bonchev–Trinajstić information content (AvgIpc) is 3.42. The average molecular weight is 415 g/mol. The van der Waals surface area contributed by atoms with Crippen molar-refractivity contribution in [2.24, 2.45) is 5.92 Å². The van der Waals surface area contributed by atoms with Crippen LogP contribution >= 0.6 is 11.6 Å². The third-order valence-corrected chi connectivity index (χ3v) is 5.23. The van der Waals surface area contributed by atoms with E-state index in [2.05, 4.69) is 10.3 Å². The first-order valence-electron chi connectivity index (χ1n) is 9.37. The molecule has 0 N–H and O–H groups in total. The highest BCUT2D eigenvalue weighted by molar-refractivity contribution is 6.31. The first kappa shape index (κ1) is 19.5. The van der Waals surface area contributed by atoms with Crippen LogP contribution in [0.15, 0.2) is 54.7 Å². The van der Waals surface area contributed by atoms with Crippen LogP contribution in [-0.2, 0) is 22.6 Å². The van der Waals surface area contributed by atoms with Gasteiger partial charge >= 0.3 is 0 Å². The quantitative estimate of drug-likeness (QED) is 0.618. The number of aromatic nitrogens is 3. The van der Waals surface area contributed by atoms with Crippen LogP contribution in [0.1, 0.15) is 17.7 Å². The van der Waals surface area contributed by atoms with Crippen molar-refractivity contribution in [3.63, 3.8) is 0 Å². The fourth-order valence-electron chi connectivity index (χ4n) is 3.33. The van der Waals surface area contributed by atoms with Gasteiger partial charge in [-0.05, 0) is 36.2 Å². The Balaban J connectivity index is 1.56. The van der Waals surface area contributed by atoms with E-state index in [0.29, 0.717) is 35.9 Å². The van der Waals surface area contributed by atoms with Gasteiger partial charge < -0.3 is 9.64 Å². The summed E-state index contributed by atoms with van der Waals surface area (Å²) in [5, 5.41) is 8.67. The van der Waals surface area contributed by atoms with E-state index in [1.54, 1.807) is 21.8 Å². The summed E-state index contributed by atoms with van der Waals surface area (Å²) in [6.45, 7) is 1.51. The van der Waals surface area contributed by atoms with Crippen LogP contribution in [0.5, 0.6) is 0 Å². The zero-order valence-electron chi connectivity index (χ0n) is 15.7. The molecule has 0 radical (unpaired) electrons. The minimum atomic E-state index is -0.411. The third kappa shape index (κ3) is 4.63. The molecule has 0 spiro atoms. The molecule has 0 bridgehead atoms. The lowest BCUT2D eigenvalue weighted by molar-refractivity contribution is -0.136. The second-order valence-corrected chi connectivity index (χ2v) is 7.39. The van der Waals surface area contributed by atoms with Gasteiger partial charge in [0.2, 0.25) is 5.91 Å². The molecule has 29 heavy (non-hydrogen) atoms. The predicted molar refractivity (Wildman–Crippen MR) is 106 cm³/mol. The summed E-state index contributed by atoms with van der Waals surface area (Å²) in [7, 11) is 0. The van der Waals surface area contributed by atoms with Crippen LogP contribution < -0.4 is 0 Å². The van der Waals surface area contributed by atoms with Crippen molar-refractivity contribution >= 4 is 17.5 Å². The fourth-order valence-corrected chi connectivity index (χ4v) is 3.56. The Kier molecular flexibility index (Phi) is 5.87. The molecule has 1 aliphatic heterocycles. The van der Waals surface area contributed by atoms with Crippen LogP contribution in [0.25, 0.3) is 5.69 Å². The maximum Gasteiger partial charge on any atom is 0.228 e. The highest BCUT2D eigenvalue weighted by atomic mass is 35.5. The molecule has 6 nitrogen and oxygen atoms in total. The van der Waals surface area contributed by atoms with Gasteiger partial charge in [0.05, 0.1) is 31.0 Å². The molecular formula is C21H20ClFN4O2. The van der Waals surface area contributed by atoms with E-state index in [1.807, 2.05) is 30.3 Å². The van der Waals surface area contributed by atoms with Crippen LogP contribution in [0.3, 0.4) is 0 Å². The van der Waals surface area contributed by atoms with E-state index in [-0.39, 0.29) is 24.9 Å². The summed E-state index contributed by atoms with van der Waals surface area (Å²) in [6, 6.07) is 13.8. The van der Waals surface area contributed by atoms with Crippen molar-refractivity contribution < 1.29 is 13.9 Å². The largest absolute Gasteiger partial charge is 0.381 e. The maximum absolute atomic E-state index is 13.4. The second-order valence-electron chi connectivity index (χ2n) is 6.98. The molecule has 1 aromatic heterocycles. The Labute approximate surface area is 172 Å². The van der Waals surface area contributed by atoms with E-state index >= 15 is 0 Å². The number of nitrogens with zero attached hydrogens (tertiary/aromatic N) is 4. The zero-order chi connectivity index (χ0) is 20.2. The van der Waals surface area contributed by atoms with Crippen LogP contribution in [0, 0.1) is 11.7 Å². The minimum Gasteiger partial charge on any atom is -0.381 e. The molecule has 2 aromatic carbocycles. The van der Waals surface area contributed by atoms with Gasteiger partial charge in [-0.2, -0.15) is 0 Å². The van der Waals surface area contributed by atoms with Gasteiger partial charge in [0.1, 0.15) is 11.5 Å². The predicted octanol–water partition coefficient (Wildman–Crippen LogP) is 3.63. The Morgan fingerprint density at radius 2 is 2.07 bits per heavy atom. The lowest BCUT2D eigenvalue weighted by Gasteiger charge is -2.25. The molecule has 1 atom stereocenters. The number of hydrogen-bond acceptors (Lipinski definition) is 4. The molecule has 1 fully saturated rings. The van der Waals surface area contributed by atoms with Gasteiger partial charge in [-0.1, -0.05) is 41.1 Å². The van der Waals surface area contributed by atoms with Crippen LogP contribution in [0.2, 0.25) is 5.02 Å². The normalized spacial score (nSPS) is 16.1. The van der Waals surface area contributed by atoms with E-state index in [0.717, 1.165) is 5.69 Å². The summed E-state index contributed by atoms with van der Waals surface area (Å²) in [6.07, 6.45) is 2.48. The first-order valence-corrected chi connectivity index (χ1v) is 9.75. The smallest absolute Gasteiger partial charge is 0.228 e. The molecule has 8 heteroatoms. The van der Waals surface area contributed by atoms with Gasteiger partial charge in [0.15, 0.2) is 0 Å². The molecule has 150 valence electrons. The van der Waals surface area contributed by atoms with Gasteiger partial charge in [-0.15, -0.1) is 5.10 Å². The molecule has 1 amide bonds. The molecular weight excluding hydrogens is 395 g/mol. The topological polar surface area (TPSA) is 60.2 Å². The Hall–Kier alpha value is -2.77. The van der Waals surface area contributed by atoms with Crippen molar-refractivity contribution in [1.82, 2.24) is 19.9 Å². The molecule has 1 unspecified atom stereocenters. The van der Waals surface area contributed by atoms with Crippen LogP contribution in [0.4, 0.5) is 4.39 Å².